The van der Waals surface area contributed by atoms with Crippen molar-refractivity contribution in [2.75, 3.05) is 6.54 Å². The SMILES string of the molecule is O=C(c1cccc(OCc2ccccc2)c1)N1CCCCC1c1nc(-c2ccccc2)c(-c2ccccc2)o1. The molecule has 1 aromatic heterocycles. The number of nitrogens with zero attached hydrogens (tertiary/aromatic N) is 2. The van der Waals surface area contributed by atoms with Crippen molar-refractivity contribution in [3.05, 3.63) is 132 Å². The number of oxazole rings is 1. The Kier molecular flexibility index (Phi) is 7.21. The normalized spacial score (nSPS) is 15.2. The van der Waals surface area contributed by atoms with Crippen molar-refractivity contribution >= 4 is 5.91 Å². The van der Waals surface area contributed by atoms with Gasteiger partial charge in [-0.2, -0.15) is 0 Å². The summed E-state index contributed by atoms with van der Waals surface area (Å²) in [5.41, 5.74) is 4.43. The Morgan fingerprint density at radius 1 is 0.821 bits per heavy atom. The van der Waals surface area contributed by atoms with Gasteiger partial charge in [-0.1, -0.05) is 97.1 Å². The molecule has 0 radical (unpaired) electrons. The van der Waals surface area contributed by atoms with Gasteiger partial charge in [0.15, 0.2) is 5.76 Å². The number of amides is 1. The number of benzene rings is 4. The van der Waals surface area contributed by atoms with E-state index in [4.69, 9.17) is 14.1 Å². The van der Waals surface area contributed by atoms with Crippen LogP contribution in [0.2, 0.25) is 0 Å². The van der Waals surface area contributed by atoms with E-state index < -0.39 is 0 Å². The molecule has 0 saturated carbocycles. The molecule has 0 aliphatic carbocycles. The number of ether oxygens (including phenoxy) is 1. The highest BCUT2D eigenvalue weighted by atomic mass is 16.5. The molecule has 5 nitrogen and oxygen atoms in total. The number of hydrogen-bond donors (Lipinski definition) is 0. The summed E-state index contributed by atoms with van der Waals surface area (Å²) in [5.74, 6) is 1.95. The Bertz CT molecular complexity index is 1470. The van der Waals surface area contributed by atoms with Gasteiger partial charge in [0.2, 0.25) is 5.89 Å². The van der Waals surface area contributed by atoms with Crippen molar-refractivity contribution in [1.82, 2.24) is 9.88 Å². The zero-order valence-corrected chi connectivity index (χ0v) is 21.7. The van der Waals surface area contributed by atoms with Crippen molar-refractivity contribution in [3.8, 4) is 28.3 Å². The van der Waals surface area contributed by atoms with E-state index in [9.17, 15) is 4.79 Å². The van der Waals surface area contributed by atoms with Gasteiger partial charge in [0.1, 0.15) is 24.1 Å². The van der Waals surface area contributed by atoms with Crippen LogP contribution in [0.5, 0.6) is 5.75 Å². The van der Waals surface area contributed by atoms with E-state index in [0.717, 1.165) is 47.4 Å². The topological polar surface area (TPSA) is 55.6 Å². The minimum atomic E-state index is -0.236. The van der Waals surface area contributed by atoms with Gasteiger partial charge in [-0.3, -0.25) is 4.79 Å². The minimum absolute atomic E-state index is 0.0365. The number of rotatable bonds is 7. The second-order valence-corrected chi connectivity index (χ2v) is 9.77. The molecule has 39 heavy (non-hydrogen) atoms. The molecular formula is C34H30N2O3. The van der Waals surface area contributed by atoms with Crippen molar-refractivity contribution in [3.63, 3.8) is 0 Å². The molecule has 1 atom stereocenters. The smallest absolute Gasteiger partial charge is 0.254 e. The lowest BCUT2D eigenvalue weighted by atomic mass is 10.0. The molecule has 1 unspecified atom stereocenters. The number of piperidine rings is 1. The molecule has 5 heteroatoms. The van der Waals surface area contributed by atoms with Gasteiger partial charge < -0.3 is 14.1 Å². The summed E-state index contributed by atoms with van der Waals surface area (Å²) in [7, 11) is 0. The van der Waals surface area contributed by atoms with Gasteiger partial charge in [-0.05, 0) is 43.0 Å². The lowest BCUT2D eigenvalue weighted by Crippen LogP contribution is -2.38. The first-order valence-corrected chi connectivity index (χ1v) is 13.5. The zero-order valence-electron chi connectivity index (χ0n) is 21.7. The number of carbonyl (C=O) groups excluding carboxylic acids is 1. The number of carbonyl (C=O) groups is 1. The Morgan fingerprint density at radius 3 is 2.26 bits per heavy atom. The maximum Gasteiger partial charge on any atom is 0.254 e. The lowest BCUT2D eigenvalue weighted by Gasteiger charge is -2.34. The van der Waals surface area contributed by atoms with Gasteiger partial charge in [0.05, 0.1) is 0 Å². The summed E-state index contributed by atoms with van der Waals surface area (Å²) < 4.78 is 12.5. The monoisotopic (exact) mass is 514 g/mol. The van der Waals surface area contributed by atoms with Crippen LogP contribution in [0.4, 0.5) is 0 Å². The third-order valence-corrected chi connectivity index (χ3v) is 7.10. The third-order valence-electron chi connectivity index (χ3n) is 7.10. The van der Waals surface area contributed by atoms with Crippen molar-refractivity contribution in [2.45, 2.75) is 31.9 Å². The largest absolute Gasteiger partial charge is 0.489 e. The van der Waals surface area contributed by atoms with E-state index in [1.54, 1.807) is 0 Å². The number of likely N-dealkylation sites (tertiary alicyclic amines) is 1. The lowest BCUT2D eigenvalue weighted by molar-refractivity contribution is 0.0572. The molecule has 0 spiro atoms. The molecule has 0 N–H and O–H groups in total. The maximum absolute atomic E-state index is 13.8. The van der Waals surface area contributed by atoms with E-state index >= 15 is 0 Å². The molecule has 4 aromatic carbocycles. The molecule has 5 aromatic rings. The van der Waals surface area contributed by atoms with Crippen molar-refractivity contribution in [1.29, 1.82) is 0 Å². The fourth-order valence-electron chi connectivity index (χ4n) is 5.11. The van der Waals surface area contributed by atoms with Gasteiger partial charge in [0, 0.05) is 23.2 Å². The molecule has 1 fully saturated rings. The Balaban J connectivity index is 1.29. The maximum atomic E-state index is 13.8. The van der Waals surface area contributed by atoms with E-state index in [1.807, 2.05) is 120 Å². The van der Waals surface area contributed by atoms with Crippen molar-refractivity contribution in [2.24, 2.45) is 0 Å². The predicted octanol–water partition coefficient (Wildman–Crippen LogP) is 7.96. The zero-order chi connectivity index (χ0) is 26.4. The minimum Gasteiger partial charge on any atom is -0.489 e. The Hall–Kier alpha value is -4.64. The summed E-state index contributed by atoms with van der Waals surface area (Å²) in [4.78, 5) is 20.8. The Morgan fingerprint density at radius 2 is 1.51 bits per heavy atom. The fourth-order valence-corrected chi connectivity index (χ4v) is 5.11. The summed E-state index contributed by atoms with van der Waals surface area (Å²) in [5, 5.41) is 0. The first-order chi connectivity index (χ1) is 19.3. The average Bonchev–Trinajstić information content (AvgIpc) is 3.47. The van der Waals surface area contributed by atoms with Crippen LogP contribution in [0.1, 0.15) is 47.1 Å². The molecule has 194 valence electrons. The van der Waals surface area contributed by atoms with Crippen molar-refractivity contribution < 1.29 is 13.9 Å². The highest BCUT2D eigenvalue weighted by Crippen LogP contribution is 2.39. The van der Waals surface area contributed by atoms with E-state index in [2.05, 4.69) is 0 Å². The molecule has 1 amide bonds. The van der Waals surface area contributed by atoms with Gasteiger partial charge in [0.25, 0.3) is 5.91 Å². The molecule has 6 rings (SSSR count). The standard InChI is InChI=1S/C34H30N2O3/c37-34(28-19-12-20-29(23-28)38-24-25-13-4-1-5-14-25)36-22-11-10-21-30(36)33-35-31(26-15-6-2-7-16-26)32(39-33)27-17-8-3-9-18-27/h1-9,12-20,23,30H,10-11,21-22,24H2. The van der Waals surface area contributed by atoms with Crippen LogP contribution in [-0.2, 0) is 6.61 Å². The van der Waals surface area contributed by atoms with Crippen LogP contribution in [0.25, 0.3) is 22.6 Å². The quantitative estimate of drug-likeness (QED) is 0.221. The first-order valence-electron chi connectivity index (χ1n) is 13.5. The van der Waals surface area contributed by atoms with Crippen LogP contribution in [0.15, 0.2) is 120 Å². The van der Waals surface area contributed by atoms with E-state index in [-0.39, 0.29) is 11.9 Å². The van der Waals surface area contributed by atoms with Crippen LogP contribution < -0.4 is 4.74 Å². The second kappa shape index (κ2) is 11.4. The molecule has 0 bridgehead atoms. The Labute approximate surface area is 228 Å². The summed E-state index contributed by atoms with van der Waals surface area (Å²) in [6.45, 7) is 1.11. The molecular weight excluding hydrogens is 484 g/mol. The predicted molar refractivity (Wildman–Crippen MR) is 152 cm³/mol. The number of hydrogen-bond acceptors (Lipinski definition) is 4. The van der Waals surface area contributed by atoms with E-state index in [0.29, 0.717) is 30.4 Å². The van der Waals surface area contributed by atoms with E-state index in [1.165, 1.54) is 0 Å². The second-order valence-electron chi connectivity index (χ2n) is 9.77. The molecule has 1 saturated heterocycles. The molecule has 1 aliphatic heterocycles. The van der Waals surface area contributed by atoms with Crippen LogP contribution in [0.3, 0.4) is 0 Å². The third kappa shape index (κ3) is 5.48. The van der Waals surface area contributed by atoms with Gasteiger partial charge in [-0.15, -0.1) is 0 Å². The van der Waals surface area contributed by atoms with Crippen LogP contribution >= 0.6 is 0 Å². The summed E-state index contributed by atoms with van der Waals surface area (Å²) in [6, 6.07) is 37.3. The average molecular weight is 515 g/mol. The number of aromatic nitrogens is 1. The molecule has 2 heterocycles. The van der Waals surface area contributed by atoms with Crippen LogP contribution in [0, 0.1) is 0 Å². The first kappa shape index (κ1) is 24.7. The fraction of sp³-hybridized carbons (Fsp3) is 0.176. The highest BCUT2D eigenvalue weighted by molar-refractivity contribution is 5.95. The van der Waals surface area contributed by atoms with Crippen LogP contribution in [-0.4, -0.2) is 22.3 Å². The van der Waals surface area contributed by atoms with Gasteiger partial charge >= 0.3 is 0 Å². The summed E-state index contributed by atoms with van der Waals surface area (Å²) >= 11 is 0. The highest BCUT2D eigenvalue weighted by Gasteiger charge is 2.33. The molecule has 1 aliphatic rings. The summed E-state index contributed by atoms with van der Waals surface area (Å²) in [6.07, 6.45) is 2.77. The van der Waals surface area contributed by atoms with Gasteiger partial charge in [-0.25, -0.2) is 4.98 Å².